The number of hydrogen-bond donors (Lipinski definition) is 0. The molecule has 44 heteroatoms. The third-order valence-corrected chi connectivity index (χ3v) is 17.3. The molecule has 0 radical (unpaired) electrons. The van der Waals surface area contributed by atoms with Crippen LogP contribution in [0.1, 0.15) is 110 Å². The number of methoxy groups -OCH3 is 2. The molecule has 114 heavy (non-hydrogen) atoms. The Morgan fingerprint density at radius 2 is 0.368 bits per heavy atom. The van der Waals surface area contributed by atoms with Gasteiger partial charge in [0.25, 0.3) is 0 Å². The lowest BCUT2D eigenvalue weighted by Crippen LogP contribution is -2.71. The first-order valence-electron chi connectivity index (χ1n) is 35.6. The molecule has 12 bridgehead atoms. The highest BCUT2D eigenvalue weighted by molar-refractivity contribution is 5.72. The van der Waals surface area contributed by atoms with Crippen LogP contribution in [0.25, 0.3) is 0 Å². The van der Waals surface area contributed by atoms with Gasteiger partial charge in [0.05, 0.1) is 19.3 Å². The lowest BCUT2D eigenvalue weighted by molar-refractivity contribution is -0.403. The molecule has 0 aromatic carbocycles. The standard InChI is InChI=1S/C70H96O44/c1-19-20-41-47-53(91-29(5)74)59(97-35(11)80)65(103-41)112-50-44(23-88-26(2)71)106-68(62(100-38(14)83)56(50)94-32(8)77)111-49-43(22-87-18)105-67(61(99-37(13)82)55(49)93-31(7)76)113-51-45(24-89-27(3)72)108-70(64(102-40(16)85)57(51)95-33(9)78)114-52-46(25-90-28(4)73)107-69(63(101-39(15)84)58(52)96-34(10)79)110-48-42(21-86-17)104-66(109-47)60(98-36(12)81)54(48)92-30(6)75/h19,41-70H,1,20-25H2,2-18H3/t41-,42-,43-,44-,45-,46-,47-,48-,49-,50-,51-,52-,53+,54+,55+,56+,57+,58+,59-,60-,61-,62-,63-,64-,65-,66-,67-,68-,69-,70-/m1/s1. The van der Waals surface area contributed by atoms with E-state index in [0.29, 0.717) is 0 Å². The van der Waals surface area contributed by atoms with Gasteiger partial charge in [-0.15, -0.1) is 6.58 Å². The lowest BCUT2D eigenvalue weighted by atomic mass is 9.93. The van der Waals surface area contributed by atoms with Gasteiger partial charge >= 0.3 is 89.5 Å². The minimum Gasteiger partial charge on any atom is -0.463 e. The van der Waals surface area contributed by atoms with E-state index in [2.05, 4.69) is 6.58 Å². The fourth-order valence-electron chi connectivity index (χ4n) is 13.7. The normalized spacial score (nSPS) is 36.0. The molecule has 0 N–H and O–H groups in total. The van der Waals surface area contributed by atoms with Crippen LogP contribution < -0.4 is 0 Å². The molecule has 0 aromatic rings. The highest BCUT2D eigenvalue weighted by Crippen LogP contribution is 2.44. The lowest BCUT2D eigenvalue weighted by Gasteiger charge is -2.52. The zero-order chi connectivity index (χ0) is 84.4. The first kappa shape index (κ1) is 92.4. The second-order valence-electron chi connectivity index (χ2n) is 26.6. The van der Waals surface area contributed by atoms with E-state index in [1.165, 1.54) is 13.2 Å². The molecular formula is C70H96O44. The van der Waals surface area contributed by atoms with E-state index in [0.717, 1.165) is 111 Å². The summed E-state index contributed by atoms with van der Waals surface area (Å²) in [6.07, 6.45) is -60.9. The van der Waals surface area contributed by atoms with E-state index >= 15 is 0 Å². The van der Waals surface area contributed by atoms with Gasteiger partial charge in [-0.2, -0.15) is 0 Å². The van der Waals surface area contributed by atoms with Crippen molar-refractivity contribution in [3.05, 3.63) is 12.7 Å². The Balaban J connectivity index is 1.60. The maximum absolute atomic E-state index is 13.7. The molecule has 22 rings (SSSR count). The summed E-state index contributed by atoms with van der Waals surface area (Å²) < 4.78 is 179. The van der Waals surface area contributed by atoms with Gasteiger partial charge < -0.3 is 137 Å². The second-order valence-corrected chi connectivity index (χ2v) is 26.6. The number of hydrogen-bond acceptors (Lipinski definition) is 44. The topological polar surface area (TPSA) is 524 Å². The quantitative estimate of drug-likeness (QED) is 0.0596. The predicted octanol–water partition coefficient (Wildman–Crippen LogP) is -1.60. The summed E-state index contributed by atoms with van der Waals surface area (Å²) in [6.45, 7) is 13.4. The van der Waals surface area contributed by atoms with Gasteiger partial charge in [0.1, 0.15) is 87.0 Å². The van der Waals surface area contributed by atoms with Crippen molar-refractivity contribution in [2.45, 2.75) is 295 Å². The van der Waals surface area contributed by atoms with Crippen LogP contribution in [0.15, 0.2) is 12.7 Å². The summed E-state index contributed by atoms with van der Waals surface area (Å²) in [4.78, 5) is 203. The molecule has 0 amide bonds. The van der Waals surface area contributed by atoms with Gasteiger partial charge in [-0.1, -0.05) is 6.08 Å². The van der Waals surface area contributed by atoms with E-state index in [1.807, 2.05) is 0 Å². The molecular weight excluding hydrogens is 1540 g/mol. The molecule has 22 aliphatic rings. The molecule has 22 fully saturated rings. The van der Waals surface area contributed by atoms with Gasteiger partial charge in [0.2, 0.25) is 0 Å². The number of carbonyl (C=O) groups is 15. The largest absolute Gasteiger partial charge is 0.463 e. The first-order chi connectivity index (χ1) is 53.7. The van der Waals surface area contributed by atoms with E-state index in [4.69, 9.17) is 137 Å². The molecule has 0 unspecified atom stereocenters. The van der Waals surface area contributed by atoms with E-state index in [1.54, 1.807) is 0 Å². The van der Waals surface area contributed by atoms with Gasteiger partial charge in [-0.05, 0) is 6.42 Å². The Labute approximate surface area is 651 Å². The Hall–Kier alpha value is -8.77. The molecule has 30 atom stereocenters. The van der Waals surface area contributed by atoms with Crippen LogP contribution >= 0.6 is 0 Å². The van der Waals surface area contributed by atoms with Crippen LogP contribution in [0.4, 0.5) is 0 Å². The van der Waals surface area contributed by atoms with Crippen LogP contribution in [0.5, 0.6) is 0 Å². The summed E-state index contributed by atoms with van der Waals surface area (Å²) in [6, 6.07) is 0. The molecule has 22 saturated heterocycles. The third kappa shape index (κ3) is 25.1. The molecule has 22 heterocycles. The highest BCUT2D eigenvalue weighted by atomic mass is 16.8. The van der Waals surface area contributed by atoms with E-state index < -0.39 is 307 Å². The average Bonchev–Trinajstić information content (AvgIpc) is 0.756. The van der Waals surface area contributed by atoms with Crippen LogP contribution in [0.2, 0.25) is 0 Å². The van der Waals surface area contributed by atoms with Gasteiger partial charge in [-0.3, -0.25) is 71.9 Å². The van der Waals surface area contributed by atoms with Crippen molar-refractivity contribution in [2.75, 3.05) is 47.3 Å². The molecule has 22 aliphatic heterocycles. The SMILES string of the molecule is C=CC[C@H]1O[C@@H]2O[C@H]3[C@H](OC(C)=O)[C@@H](OC(C)=O)[C@@H](O[C@H]4[C@H](OC(C)=O)[C@@H](OC(C)=O)[C@@H](O[C@H]5[C@H](OC(C)=O)[C@@H](OC(C)=O)[C@@H](O[C@H]6[C@H](OC(C)=O)[C@@H](OC(C)=O)[C@@H](O[C@H]7[C@H](OC(C)=O)[C@@H](OC(C)=O)[C@@H](O[C@H]1[C@H](OC(C)=O)[C@H]2OC(C)=O)O[C@@H]7COC)O[C@@H]6COC(C)=O)O[C@@H]5COC(C)=O)O[C@@H]4COC)O[C@@H]3COC(C)=O. The number of carbonyl (C=O) groups excluding carboxylic acids is 15. The Morgan fingerprint density at radius 1 is 0.219 bits per heavy atom. The predicted molar refractivity (Wildman–Crippen MR) is 356 cm³/mol. The Morgan fingerprint density at radius 3 is 0.518 bits per heavy atom. The highest BCUT2D eigenvalue weighted by Gasteiger charge is 2.65. The van der Waals surface area contributed by atoms with Crippen LogP contribution in [0.3, 0.4) is 0 Å². The zero-order valence-electron chi connectivity index (χ0n) is 65.3. The third-order valence-electron chi connectivity index (χ3n) is 17.3. The number of ether oxygens (including phenoxy) is 29. The molecule has 0 aliphatic carbocycles. The zero-order valence-corrected chi connectivity index (χ0v) is 65.3. The van der Waals surface area contributed by atoms with Crippen LogP contribution in [-0.2, 0) is 209 Å². The fraction of sp³-hybridized carbons (Fsp3) is 0.757. The molecule has 0 spiro atoms. The summed E-state index contributed by atoms with van der Waals surface area (Å²) >= 11 is 0. The summed E-state index contributed by atoms with van der Waals surface area (Å²) in [5.41, 5.74) is 0. The van der Waals surface area contributed by atoms with Crippen molar-refractivity contribution < 1.29 is 209 Å². The van der Waals surface area contributed by atoms with Crippen molar-refractivity contribution in [1.29, 1.82) is 0 Å². The van der Waals surface area contributed by atoms with Crippen LogP contribution in [0, 0.1) is 0 Å². The van der Waals surface area contributed by atoms with E-state index in [9.17, 15) is 71.9 Å². The second kappa shape index (κ2) is 42.2. The number of rotatable bonds is 24. The maximum Gasteiger partial charge on any atom is 0.303 e. The number of esters is 15. The van der Waals surface area contributed by atoms with Gasteiger partial charge in [0.15, 0.2) is 111 Å². The Bertz CT molecular complexity index is 3430. The summed E-state index contributed by atoms with van der Waals surface area (Å²) in [5, 5.41) is 0. The Kier molecular flexibility index (Phi) is 34.2. The summed E-state index contributed by atoms with van der Waals surface area (Å²) in [7, 11) is 2.31. The van der Waals surface area contributed by atoms with Crippen LogP contribution in [-0.4, -0.2) is 321 Å². The molecule has 44 nitrogen and oxygen atoms in total. The minimum atomic E-state index is -2.29. The molecule has 0 aromatic heterocycles. The molecule has 640 valence electrons. The van der Waals surface area contributed by atoms with Crippen molar-refractivity contribution >= 4 is 89.5 Å². The van der Waals surface area contributed by atoms with Gasteiger partial charge in [-0.25, -0.2) is 0 Å². The minimum absolute atomic E-state index is 0.382. The van der Waals surface area contributed by atoms with Crippen molar-refractivity contribution in [3.8, 4) is 0 Å². The van der Waals surface area contributed by atoms with Crippen molar-refractivity contribution in [2.24, 2.45) is 0 Å². The first-order valence-corrected chi connectivity index (χ1v) is 35.6. The van der Waals surface area contributed by atoms with Gasteiger partial charge in [0, 0.05) is 118 Å². The molecule has 0 saturated carbocycles. The maximum atomic E-state index is 13.7. The monoisotopic (exact) mass is 1640 g/mol. The van der Waals surface area contributed by atoms with Crippen molar-refractivity contribution in [1.82, 2.24) is 0 Å². The fourth-order valence-corrected chi connectivity index (χ4v) is 13.7. The summed E-state index contributed by atoms with van der Waals surface area (Å²) in [5.74, 6) is -16.9. The van der Waals surface area contributed by atoms with E-state index in [-0.39, 0.29) is 6.42 Å². The van der Waals surface area contributed by atoms with Crippen molar-refractivity contribution in [3.63, 3.8) is 0 Å². The average molecular weight is 1640 g/mol. The smallest absolute Gasteiger partial charge is 0.303 e.